The van der Waals surface area contributed by atoms with Crippen LogP contribution in [-0.4, -0.2) is 64.0 Å². The van der Waals surface area contributed by atoms with E-state index in [0.29, 0.717) is 18.0 Å². The Morgan fingerprint density at radius 1 is 1.20 bits per heavy atom. The van der Waals surface area contributed by atoms with Gasteiger partial charge in [0, 0.05) is 38.8 Å². The lowest BCUT2D eigenvalue weighted by Gasteiger charge is -2.38. The zero-order valence-corrected chi connectivity index (χ0v) is 16.4. The van der Waals surface area contributed by atoms with Gasteiger partial charge in [-0.15, -0.1) is 0 Å². The van der Waals surface area contributed by atoms with Crippen molar-refractivity contribution < 1.29 is 12.8 Å². The van der Waals surface area contributed by atoms with Crippen molar-refractivity contribution in [3.05, 3.63) is 29.6 Å². The molecular weight excluding hydrogens is 341 g/mol. The molecule has 0 radical (unpaired) electrons. The van der Waals surface area contributed by atoms with Crippen LogP contribution in [0.3, 0.4) is 0 Å². The van der Waals surface area contributed by atoms with Crippen molar-refractivity contribution in [2.45, 2.75) is 38.1 Å². The van der Waals surface area contributed by atoms with Crippen LogP contribution in [0.25, 0.3) is 0 Å². The molecule has 0 aromatic heterocycles. The maximum atomic E-state index is 13.2. The fraction of sp³-hybridized carbons (Fsp3) is 0.667. The van der Waals surface area contributed by atoms with Crippen molar-refractivity contribution in [3.8, 4) is 0 Å². The molecule has 0 bridgehead atoms. The summed E-state index contributed by atoms with van der Waals surface area (Å²) in [5.74, 6) is 0.0632. The van der Waals surface area contributed by atoms with Crippen LogP contribution in [0.15, 0.2) is 23.1 Å². The van der Waals surface area contributed by atoms with Crippen LogP contribution in [0.5, 0.6) is 0 Å². The van der Waals surface area contributed by atoms with Crippen molar-refractivity contribution in [2.24, 2.45) is 5.92 Å². The van der Waals surface area contributed by atoms with Crippen LogP contribution in [0.4, 0.5) is 4.39 Å². The van der Waals surface area contributed by atoms with E-state index in [1.807, 2.05) is 0 Å². The molecule has 0 spiro atoms. The molecular formula is C18H30FN3O2S. The predicted molar refractivity (Wildman–Crippen MR) is 98.6 cm³/mol. The van der Waals surface area contributed by atoms with E-state index in [1.165, 1.54) is 18.2 Å². The van der Waals surface area contributed by atoms with Gasteiger partial charge in [0.1, 0.15) is 5.82 Å². The monoisotopic (exact) mass is 371 g/mol. The van der Waals surface area contributed by atoms with Crippen molar-refractivity contribution in [1.29, 1.82) is 0 Å². The Kier molecular flexibility index (Phi) is 6.96. The number of piperazine rings is 1. The number of aryl methyl sites for hydroxylation is 1. The minimum absolute atomic E-state index is 0.149. The highest BCUT2D eigenvalue weighted by atomic mass is 32.2. The van der Waals surface area contributed by atoms with Crippen LogP contribution in [0, 0.1) is 18.7 Å². The Morgan fingerprint density at radius 3 is 2.40 bits per heavy atom. The first-order valence-corrected chi connectivity index (χ1v) is 10.4. The fourth-order valence-electron chi connectivity index (χ4n) is 3.29. The van der Waals surface area contributed by atoms with Crippen molar-refractivity contribution in [3.63, 3.8) is 0 Å². The number of likely N-dealkylation sites (N-methyl/N-ethyl adjacent to an activating group) is 1. The smallest absolute Gasteiger partial charge is 0.240 e. The molecule has 1 aromatic carbocycles. The zero-order valence-electron chi connectivity index (χ0n) is 15.6. The summed E-state index contributed by atoms with van der Waals surface area (Å²) in [5, 5.41) is 0. The lowest BCUT2D eigenvalue weighted by molar-refractivity contribution is 0.102. The molecule has 25 heavy (non-hydrogen) atoms. The first kappa shape index (κ1) is 20.3. The number of hydrogen-bond acceptors (Lipinski definition) is 4. The van der Waals surface area contributed by atoms with Crippen LogP contribution >= 0.6 is 0 Å². The summed E-state index contributed by atoms with van der Waals surface area (Å²) in [6.07, 6.45) is 0.939. The van der Waals surface area contributed by atoms with Gasteiger partial charge >= 0.3 is 0 Å². The summed E-state index contributed by atoms with van der Waals surface area (Å²) in [6, 6.07) is 3.94. The van der Waals surface area contributed by atoms with Gasteiger partial charge in [0.2, 0.25) is 10.0 Å². The lowest BCUT2D eigenvalue weighted by Crippen LogP contribution is -2.52. The number of hydrogen-bond donors (Lipinski definition) is 1. The second-order valence-corrected chi connectivity index (χ2v) is 9.12. The highest BCUT2D eigenvalue weighted by Gasteiger charge is 2.25. The molecule has 1 aliphatic rings. The predicted octanol–water partition coefficient (Wildman–Crippen LogP) is 2.07. The Balaban J connectivity index is 2.08. The minimum Gasteiger partial charge on any atom is -0.304 e. The van der Waals surface area contributed by atoms with Gasteiger partial charge in [-0.05, 0) is 50.1 Å². The van der Waals surface area contributed by atoms with E-state index < -0.39 is 15.8 Å². The highest BCUT2D eigenvalue weighted by molar-refractivity contribution is 7.89. The number of benzene rings is 1. The van der Waals surface area contributed by atoms with Crippen molar-refractivity contribution >= 4 is 10.0 Å². The standard InChI is InChI=1S/C18H30FN3O2S/c1-14(2)11-17(22-9-7-21(4)8-10-22)13-20-25(23,24)18-6-5-16(19)12-15(18)3/h5-6,12,14,17,20H,7-11,13H2,1-4H3. The average molecular weight is 372 g/mol. The van der Waals surface area contributed by atoms with Gasteiger partial charge in [0.15, 0.2) is 0 Å². The molecule has 7 heteroatoms. The summed E-state index contributed by atoms with van der Waals surface area (Å²) < 4.78 is 41.2. The lowest BCUT2D eigenvalue weighted by atomic mass is 10.0. The first-order valence-electron chi connectivity index (χ1n) is 8.87. The van der Waals surface area contributed by atoms with E-state index in [2.05, 4.69) is 35.4 Å². The molecule has 0 saturated carbocycles. The van der Waals surface area contributed by atoms with Crippen LogP contribution in [-0.2, 0) is 10.0 Å². The third-order valence-electron chi connectivity index (χ3n) is 4.73. The zero-order chi connectivity index (χ0) is 18.6. The summed E-state index contributed by atoms with van der Waals surface area (Å²) in [4.78, 5) is 4.81. The second-order valence-electron chi connectivity index (χ2n) is 7.38. The number of nitrogens with one attached hydrogen (secondary N) is 1. The van der Waals surface area contributed by atoms with Gasteiger partial charge < -0.3 is 4.90 Å². The van der Waals surface area contributed by atoms with Gasteiger partial charge in [-0.3, -0.25) is 4.90 Å². The maximum Gasteiger partial charge on any atom is 0.240 e. The SMILES string of the molecule is Cc1cc(F)ccc1S(=O)(=O)NCC(CC(C)C)N1CCN(C)CC1. The summed E-state index contributed by atoms with van der Waals surface area (Å²) in [7, 11) is -1.54. The van der Waals surface area contributed by atoms with Crippen molar-refractivity contribution in [2.75, 3.05) is 39.8 Å². The summed E-state index contributed by atoms with van der Waals surface area (Å²) in [5.41, 5.74) is 0.424. The van der Waals surface area contributed by atoms with E-state index in [0.717, 1.165) is 32.6 Å². The molecule has 0 aliphatic carbocycles. The number of halogens is 1. The van der Waals surface area contributed by atoms with E-state index >= 15 is 0 Å². The van der Waals surface area contributed by atoms with E-state index in [9.17, 15) is 12.8 Å². The highest BCUT2D eigenvalue weighted by Crippen LogP contribution is 2.18. The third kappa shape index (κ3) is 5.74. The molecule has 1 aliphatic heterocycles. The molecule has 2 rings (SSSR count). The molecule has 1 fully saturated rings. The Hall–Kier alpha value is -1.02. The van der Waals surface area contributed by atoms with E-state index in [-0.39, 0.29) is 10.9 Å². The van der Waals surface area contributed by atoms with Gasteiger partial charge in [0.05, 0.1) is 4.90 Å². The number of rotatable bonds is 7. The quantitative estimate of drug-likeness (QED) is 0.797. The third-order valence-corrected chi connectivity index (χ3v) is 6.32. The van der Waals surface area contributed by atoms with E-state index in [1.54, 1.807) is 6.92 Å². The largest absolute Gasteiger partial charge is 0.304 e. The maximum absolute atomic E-state index is 13.2. The van der Waals surface area contributed by atoms with Gasteiger partial charge in [-0.2, -0.15) is 0 Å². The van der Waals surface area contributed by atoms with Gasteiger partial charge in [0.25, 0.3) is 0 Å². The molecule has 5 nitrogen and oxygen atoms in total. The molecule has 1 unspecified atom stereocenters. The Labute approximate surface area is 151 Å². The van der Waals surface area contributed by atoms with Crippen LogP contribution < -0.4 is 4.72 Å². The van der Waals surface area contributed by atoms with E-state index in [4.69, 9.17) is 0 Å². The summed E-state index contributed by atoms with van der Waals surface area (Å²) in [6.45, 7) is 10.2. The molecule has 1 aromatic rings. The summed E-state index contributed by atoms with van der Waals surface area (Å²) >= 11 is 0. The average Bonchev–Trinajstić information content (AvgIpc) is 2.51. The Morgan fingerprint density at radius 2 is 1.84 bits per heavy atom. The van der Waals surface area contributed by atoms with Gasteiger partial charge in [-0.25, -0.2) is 17.5 Å². The molecule has 1 atom stereocenters. The molecule has 0 amide bonds. The topological polar surface area (TPSA) is 52.7 Å². The minimum atomic E-state index is -3.64. The Bertz CT molecular complexity index is 671. The number of nitrogens with zero attached hydrogens (tertiary/aromatic N) is 2. The fourth-order valence-corrected chi connectivity index (χ4v) is 4.59. The molecule has 1 N–H and O–H groups in total. The molecule has 1 heterocycles. The van der Waals surface area contributed by atoms with Gasteiger partial charge in [-0.1, -0.05) is 13.8 Å². The molecule has 1 saturated heterocycles. The van der Waals surface area contributed by atoms with Crippen molar-refractivity contribution in [1.82, 2.24) is 14.5 Å². The first-order chi connectivity index (χ1) is 11.7. The van der Waals surface area contributed by atoms with Crippen LogP contribution in [0.2, 0.25) is 0 Å². The second kappa shape index (κ2) is 8.58. The number of sulfonamides is 1. The molecule has 142 valence electrons. The van der Waals surface area contributed by atoms with Crippen LogP contribution in [0.1, 0.15) is 25.8 Å². The normalized spacial score (nSPS) is 18.6.